The summed E-state index contributed by atoms with van der Waals surface area (Å²) in [5.41, 5.74) is 3.68. The van der Waals surface area contributed by atoms with Gasteiger partial charge in [0.05, 0.1) is 8.07 Å². The van der Waals surface area contributed by atoms with Gasteiger partial charge in [-0.15, -0.1) is 12.3 Å². The molecule has 0 bridgehead atoms. The molecular formula is C12H28OSi2. The van der Waals surface area contributed by atoms with Gasteiger partial charge in [0, 0.05) is 7.11 Å². The SMILES string of the molecule is C=C[Si](CC)(CC)C[Si](CC)(CC)OC. The van der Waals surface area contributed by atoms with Crippen LogP contribution in [0, 0.1) is 0 Å². The van der Waals surface area contributed by atoms with Gasteiger partial charge in [-0.3, -0.25) is 0 Å². The molecule has 0 aliphatic rings. The van der Waals surface area contributed by atoms with Crippen LogP contribution >= 0.6 is 0 Å². The predicted octanol–water partition coefficient (Wildman–Crippen LogP) is 4.37. The molecule has 0 heterocycles. The Morgan fingerprint density at radius 1 is 1.00 bits per heavy atom. The fourth-order valence-corrected chi connectivity index (χ4v) is 14.8. The van der Waals surface area contributed by atoms with E-state index in [-0.39, 0.29) is 0 Å². The highest BCUT2D eigenvalue weighted by molar-refractivity contribution is 6.97. The van der Waals surface area contributed by atoms with E-state index in [4.69, 9.17) is 4.43 Å². The van der Waals surface area contributed by atoms with Gasteiger partial charge in [-0.25, -0.2) is 0 Å². The van der Waals surface area contributed by atoms with Gasteiger partial charge < -0.3 is 4.43 Å². The standard InChI is InChI=1S/C12H28OSi2/c1-7-14(8-2,9-3)12-15(10-4,11-5)13-6/h7H,1,8-12H2,2-6H3. The van der Waals surface area contributed by atoms with Crippen molar-refractivity contribution in [3.05, 3.63) is 12.3 Å². The van der Waals surface area contributed by atoms with Crippen LogP contribution in [-0.4, -0.2) is 23.5 Å². The average Bonchev–Trinajstić information content (AvgIpc) is 2.33. The maximum absolute atomic E-state index is 5.92. The lowest BCUT2D eigenvalue weighted by Gasteiger charge is -2.36. The van der Waals surface area contributed by atoms with Crippen molar-refractivity contribution in [2.24, 2.45) is 0 Å². The summed E-state index contributed by atoms with van der Waals surface area (Å²) >= 11 is 0. The second-order valence-electron chi connectivity index (χ2n) is 4.54. The molecule has 0 unspecified atom stereocenters. The minimum absolute atomic E-state index is 1.22. The molecule has 0 N–H and O–H groups in total. The van der Waals surface area contributed by atoms with Gasteiger partial charge in [-0.05, 0) is 17.8 Å². The van der Waals surface area contributed by atoms with Crippen molar-refractivity contribution in [3.63, 3.8) is 0 Å². The molecule has 0 atom stereocenters. The van der Waals surface area contributed by atoms with Crippen LogP contribution in [0.5, 0.6) is 0 Å². The summed E-state index contributed by atoms with van der Waals surface area (Å²) in [7, 11) is -0.717. The molecule has 0 aromatic carbocycles. The van der Waals surface area contributed by atoms with Gasteiger partial charge >= 0.3 is 0 Å². The smallest absolute Gasteiger partial charge is 0.189 e. The molecule has 0 saturated heterocycles. The largest absolute Gasteiger partial charge is 0.420 e. The van der Waals surface area contributed by atoms with Gasteiger partial charge in [0.2, 0.25) is 0 Å². The second-order valence-corrected chi connectivity index (χ2v) is 14.7. The first-order valence-corrected chi connectivity index (χ1v) is 11.5. The maximum Gasteiger partial charge on any atom is 0.189 e. The summed E-state index contributed by atoms with van der Waals surface area (Å²) in [5, 5.41) is 0. The van der Waals surface area contributed by atoms with Crippen LogP contribution in [0.1, 0.15) is 27.7 Å². The van der Waals surface area contributed by atoms with E-state index in [0.717, 1.165) is 0 Å². The van der Waals surface area contributed by atoms with E-state index in [0.29, 0.717) is 0 Å². The zero-order valence-corrected chi connectivity index (χ0v) is 13.2. The third-order valence-electron chi connectivity index (χ3n) is 4.24. The highest BCUT2D eigenvalue weighted by atomic mass is 28.4. The fraction of sp³-hybridized carbons (Fsp3) is 0.833. The highest BCUT2D eigenvalue weighted by Gasteiger charge is 2.39. The van der Waals surface area contributed by atoms with Crippen LogP contribution in [0.25, 0.3) is 0 Å². The Balaban J connectivity index is 4.82. The number of hydrogen-bond acceptors (Lipinski definition) is 1. The van der Waals surface area contributed by atoms with E-state index < -0.39 is 16.4 Å². The van der Waals surface area contributed by atoms with Crippen LogP contribution in [0.15, 0.2) is 12.3 Å². The lowest BCUT2D eigenvalue weighted by atomic mass is 10.9. The van der Waals surface area contributed by atoms with Gasteiger partial charge in [0.15, 0.2) is 8.32 Å². The molecule has 0 rings (SSSR count). The molecular weight excluding hydrogens is 216 g/mol. The summed E-state index contributed by atoms with van der Waals surface area (Å²) in [6.07, 6.45) is 0. The van der Waals surface area contributed by atoms with Crippen molar-refractivity contribution in [1.82, 2.24) is 0 Å². The van der Waals surface area contributed by atoms with Crippen molar-refractivity contribution in [2.45, 2.75) is 57.5 Å². The van der Waals surface area contributed by atoms with Crippen LogP contribution in [-0.2, 0) is 4.43 Å². The minimum atomic E-state index is -1.43. The van der Waals surface area contributed by atoms with E-state index in [9.17, 15) is 0 Å². The molecule has 0 aromatic rings. The quantitative estimate of drug-likeness (QED) is 0.576. The van der Waals surface area contributed by atoms with Crippen molar-refractivity contribution in [2.75, 3.05) is 7.11 Å². The Morgan fingerprint density at radius 3 is 1.67 bits per heavy atom. The Bertz CT molecular complexity index is 176. The Morgan fingerprint density at radius 2 is 1.47 bits per heavy atom. The molecule has 0 spiro atoms. The van der Waals surface area contributed by atoms with Gasteiger partial charge in [-0.1, -0.05) is 39.8 Å². The van der Waals surface area contributed by atoms with E-state index in [1.807, 2.05) is 7.11 Å². The van der Waals surface area contributed by atoms with E-state index in [2.05, 4.69) is 40.0 Å². The zero-order chi connectivity index (χ0) is 11.9. The summed E-state index contributed by atoms with van der Waals surface area (Å²) < 4.78 is 5.92. The van der Waals surface area contributed by atoms with Crippen LogP contribution in [0.4, 0.5) is 0 Å². The first-order valence-electron chi connectivity index (χ1n) is 6.26. The lowest BCUT2D eigenvalue weighted by Crippen LogP contribution is -2.46. The Hall–Kier alpha value is 0.134. The Labute approximate surface area is 98.1 Å². The van der Waals surface area contributed by atoms with E-state index in [1.165, 1.54) is 29.8 Å². The van der Waals surface area contributed by atoms with Crippen molar-refractivity contribution >= 4 is 16.4 Å². The third-order valence-corrected chi connectivity index (χ3v) is 16.8. The molecule has 3 heteroatoms. The average molecular weight is 245 g/mol. The molecule has 0 aliphatic heterocycles. The van der Waals surface area contributed by atoms with Crippen LogP contribution in [0.3, 0.4) is 0 Å². The molecule has 0 amide bonds. The summed E-state index contributed by atoms with van der Waals surface area (Å²) in [5.74, 6) is 0. The molecule has 1 nitrogen and oxygen atoms in total. The minimum Gasteiger partial charge on any atom is -0.420 e. The fourth-order valence-electron chi connectivity index (χ4n) is 2.36. The first kappa shape index (κ1) is 15.1. The van der Waals surface area contributed by atoms with E-state index >= 15 is 0 Å². The molecule has 0 aromatic heterocycles. The molecule has 0 radical (unpaired) electrons. The predicted molar refractivity (Wildman–Crippen MR) is 75.4 cm³/mol. The topological polar surface area (TPSA) is 9.23 Å². The van der Waals surface area contributed by atoms with Gasteiger partial charge in [0.1, 0.15) is 0 Å². The Kier molecular flexibility index (Phi) is 6.72. The van der Waals surface area contributed by atoms with Crippen molar-refractivity contribution in [1.29, 1.82) is 0 Å². The molecule has 0 fully saturated rings. The highest BCUT2D eigenvalue weighted by Crippen LogP contribution is 2.32. The zero-order valence-electron chi connectivity index (χ0n) is 11.2. The van der Waals surface area contributed by atoms with Gasteiger partial charge in [0.25, 0.3) is 0 Å². The number of hydrogen-bond donors (Lipinski definition) is 0. The third kappa shape index (κ3) is 3.57. The molecule has 0 saturated carbocycles. The second kappa shape index (κ2) is 6.66. The molecule has 15 heavy (non-hydrogen) atoms. The summed E-state index contributed by atoms with van der Waals surface area (Å²) in [4.78, 5) is 0. The normalized spacial score (nSPS) is 12.9. The number of rotatable bonds is 8. The summed E-state index contributed by atoms with van der Waals surface area (Å²) in [6, 6.07) is 5.15. The summed E-state index contributed by atoms with van der Waals surface area (Å²) in [6.45, 7) is 13.3. The first-order chi connectivity index (χ1) is 7.07. The van der Waals surface area contributed by atoms with Crippen LogP contribution in [0.2, 0.25) is 29.8 Å². The molecule has 0 aliphatic carbocycles. The monoisotopic (exact) mass is 244 g/mol. The van der Waals surface area contributed by atoms with Crippen molar-refractivity contribution in [3.8, 4) is 0 Å². The lowest BCUT2D eigenvalue weighted by molar-refractivity contribution is 0.396. The van der Waals surface area contributed by atoms with Crippen molar-refractivity contribution < 1.29 is 4.43 Å². The van der Waals surface area contributed by atoms with Gasteiger partial charge in [-0.2, -0.15) is 0 Å². The van der Waals surface area contributed by atoms with Crippen LogP contribution < -0.4 is 0 Å². The van der Waals surface area contributed by atoms with E-state index in [1.54, 1.807) is 0 Å². The maximum atomic E-state index is 5.92. The molecule has 90 valence electrons.